The van der Waals surface area contributed by atoms with Crippen LogP contribution in [-0.2, 0) is 16.2 Å². The quantitative estimate of drug-likeness (QED) is 0.208. The molecular weight excluding hydrogens is 622 g/mol. The number of phenols is 1. The Morgan fingerprint density at radius 2 is 1.78 bits per heavy atom. The Bertz CT molecular complexity index is 1410. The summed E-state index contributed by atoms with van der Waals surface area (Å²) < 4.78 is 11.3. The summed E-state index contributed by atoms with van der Waals surface area (Å²) >= 11 is 14.0. The molecule has 0 unspecified atom stereocenters. The van der Waals surface area contributed by atoms with Crippen molar-refractivity contribution in [2.24, 2.45) is 0 Å². The molecule has 4 amide bonds. The first-order chi connectivity index (χ1) is 17.2. The molecule has 36 heavy (non-hydrogen) atoms. The van der Waals surface area contributed by atoms with Gasteiger partial charge in [0.1, 0.15) is 17.9 Å². The van der Waals surface area contributed by atoms with Crippen molar-refractivity contribution < 1.29 is 29.0 Å². The van der Waals surface area contributed by atoms with Gasteiger partial charge >= 0.3 is 6.03 Å². The van der Waals surface area contributed by atoms with Crippen molar-refractivity contribution in [1.82, 2.24) is 5.32 Å². The summed E-state index contributed by atoms with van der Waals surface area (Å²) in [5.41, 5.74) is 1.16. The second kappa shape index (κ2) is 10.8. The molecule has 0 atom stereocenters. The number of hydrogen-bond donors (Lipinski definition) is 2. The number of carbonyl (C=O) groups excluding carboxylic acids is 3. The molecule has 1 aliphatic heterocycles. The Labute approximate surface area is 229 Å². The van der Waals surface area contributed by atoms with Crippen LogP contribution in [0.2, 0.25) is 10.0 Å². The molecule has 184 valence electrons. The molecule has 8 nitrogen and oxygen atoms in total. The van der Waals surface area contributed by atoms with Crippen LogP contribution in [0.15, 0.2) is 60.2 Å². The third-order valence-corrected chi connectivity index (χ3v) is 6.60. The number of aromatic hydroxyl groups is 1. The SMILES string of the molecule is COc1cc(/C=C2\C(=O)NC(=O)N(c3ccc(OCc4ccc(Cl)cc4Cl)cc3)C2=O)cc(I)c1O. The summed E-state index contributed by atoms with van der Waals surface area (Å²) in [7, 11) is 1.39. The summed E-state index contributed by atoms with van der Waals surface area (Å²) in [6.45, 7) is 0.189. The third kappa shape index (κ3) is 5.43. The van der Waals surface area contributed by atoms with Crippen molar-refractivity contribution in [3.63, 3.8) is 0 Å². The van der Waals surface area contributed by atoms with Gasteiger partial charge in [-0.3, -0.25) is 14.9 Å². The standard InChI is InChI=1S/C25H17Cl2IN2O6/c1-35-21-10-13(9-20(28)22(21)31)8-18-23(32)29-25(34)30(24(18)33)16-4-6-17(7-5-16)36-12-14-2-3-15(26)11-19(14)27/h2-11,31H,12H2,1H3,(H,29,32,34)/b18-8+. The van der Waals surface area contributed by atoms with E-state index in [1.165, 1.54) is 31.4 Å². The van der Waals surface area contributed by atoms with Gasteiger partial charge in [0.25, 0.3) is 11.8 Å². The Kier molecular flexibility index (Phi) is 7.72. The van der Waals surface area contributed by atoms with Crippen molar-refractivity contribution in [3.8, 4) is 17.2 Å². The number of imide groups is 2. The second-order valence-electron chi connectivity index (χ2n) is 7.53. The summed E-state index contributed by atoms with van der Waals surface area (Å²) in [4.78, 5) is 39.0. The molecule has 11 heteroatoms. The van der Waals surface area contributed by atoms with E-state index >= 15 is 0 Å². The number of amides is 4. The largest absolute Gasteiger partial charge is 0.504 e. The minimum absolute atomic E-state index is 0.0582. The van der Waals surface area contributed by atoms with Gasteiger partial charge in [0, 0.05) is 15.6 Å². The first-order valence-electron chi connectivity index (χ1n) is 10.3. The number of hydrogen-bond acceptors (Lipinski definition) is 6. The number of anilines is 1. The normalized spacial score (nSPS) is 14.7. The lowest BCUT2D eigenvalue weighted by Gasteiger charge is -2.26. The first-order valence-corrected chi connectivity index (χ1v) is 12.2. The van der Waals surface area contributed by atoms with Crippen molar-refractivity contribution in [3.05, 3.63) is 84.9 Å². The molecule has 0 spiro atoms. The molecule has 3 aromatic carbocycles. The summed E-state index contributed by atoms with van der Waals surface area (Å²) in [5.74, 6) is -1.03. The number of benzene rings is 3. The van der Waals surface area contributed by atoms with E-state index in [1.54, 1.807) is 36.4 Å². The Balaban J connectivity index is 1.56. The van der Waals surface area contributed by atoms with Crippen LogP contribution in [0.25, 0.3) is 6.08 Å². The molecule has 0 saturated carbocycles. The lowest BCUT2D eigenvalue weighted by atomic mass is 10.1. The lowest BCUT2D eigenvalue weighted by molar-refractivity contribution is -0.122. The topological polar surface area (TPSA) is 105 Å². The number of rotatable bonds is 6. The van der Waals surface area contributed by atoms with Crippen molar-refractivity contribution in [2.75, 3.05) is 12.0 Å². The van der Waals surface area contributed by atoms with Gasteiger partial charge in [0.15, 0.2) is 11.5 Å². The maximum atomic E-state index is 13.2. The number of barbiturate groups is 1. The number of nitrogens with one attached hydrogen (secondary N) is 1. The molecule has 0 bridgehead atoms. The molecule has 1 aliphatic rings. The molecule has 1 fully saturated rings. The van der Waals surface area contributed by atoms with E-state index in [9.17, 15) is 19.5 Å². The molecule has 1 saturated heterocycles. The van der Waals surface area contributed by atoms with Crippen molar-refractivity contribution in [1.29, 1.82) is 0 Å². The Morgan fingerprint density at radius 3 is 2.44 bits per heavy atom. The van der Waals surface area contributed by atoms with Crippen LogP contribution in [0, 0.1) is 3.57 Å². The first kappa shape index (κ1) is 25.8. The summed E-state index contributed by atoms with van der Waals surface area (Å²) in [6, 6.07) is 13.5. The van der Waals surface area contributed by atoms with Crippen LogP contribution >= 0.6 is 45.8 Å². The number of urea groups is 1. The van der Waals surface area contributed by atoms with E-state index in [0.29, 0.717) is 24.9 Å². The van der Waals surface area contributed by atoms with Crippen molar-refractivity contribution in [2.45, 2.75) is 6.61 Å². The number of phenolic OH excluding ortho intramolecular Hbond substituents is 1. The predicted octanol–water partition coefficient (Wildman–Crippen LogP) is 5.56. The summed E-state index contributed by atoms with van der Waals surface area (Å²) in [5, 5.41) is 13.2. The van der Waals surface area contributed by atoms with Crippen molar-refractivity contribution >= 4 is 75.4 Å². The van der Waals surface area contributed by atoms with Crippen LogP contribution < -0.4 is 19.7 Å². The van der Waals surface area contributed by atoms with Crippen LogP contribution in [0.4, 0.5) is 10.5 Å². The zero-order valence-electron chi connectivity index (χ0n) is 18.6. The average molecular weight is 639 g/mol. The highest BCUT2D eigenvalue weighted by atomic mass is 127. The van der Waals surface area contributed by atoms with E-state index in [-0.39, 0.29) is 29.4 Å². The Morgan fingerprint density at radius 1 is 1.06 bits per heavy atom. The highest BCUT2D eigenvalue weighted by molar-refractivity contribution is 14.1. The number of methoxy groups -OCH3 is 1. The number of ether oxygens (including phenoxy) is 2. The van der Waals surface area contributed by atoms with E-state index in [1.807, 2.05) is 22.6 Å². The highest BCUT2D eigenvalue weighted by Crippen LogP contribution is 2.34. The molecule has 2 N–H and O–H groups in total. The predicted molar refractivity (Wildman–Crippen MR) is 144 cm³/mol. The molecule has 3 aromatic rings. The number of halogens is 3. The maximum absolute atomic E-state index is 13.2. The van der Waals surface area contributed by atoms with Gasteiger partial charge in [-0.15, -0.1) is 0 Å². The maximum Gasteiger partial charge on any atom is 0.335 e. The lowest BCUT2D eigenvalue weighted by Crippen LogP contribution is -2.54. The minimum Gasteiger partial charge on any atom is -0.504 e. The van der Waals surface area contributed by atoms with Gasteiger partial charge in [0.2, 0.25) is 0 Å². The van der Waals surface area contributed by atoms with Gasteiger partial charge < -0.3 is 14.6 Å². The van der Waals surface area contributed by atoms with Crippen LogP contribution in [0.5, 0.6) is 17.2 Å². The smallest absolute Gasteiger partial charge is 0.335 e. The van der Waals surface area contributed by atoms with E-state index in [0.717, 1.165) is 10.5 Å². The van der Waals surface area contributed by atoms with Gasteiger partial charge in [-0.05, 0) is 82.8 Å². The molecule has 0 radical (unpaired) electrons. The molecular formula is C25H17Cl2IN2O6. The fraction of sp³-hybridized carbons (Fsp3) is 0.0800. The molecule has 1 heterocycles. The van der Waals surface area contributed by atoms with Gasteiger partial charge in [-0.25, -0.2) is 9.69 Å². The highest BCUT2D eigenvalue weighted by Gasteiger charge is 2.36. The fourth-order valence-electron chi connectivity index (χ4n) is 3.38. The second-order valence-corrected chi connectivity index (χ2v) is 9.54. The zero-order valence-corrected chi connectivity index (χ0v) is 22.2. The van der Waals surface area contributed by atoms with Gasteiger partial charge in [0.05, 0.1) is 16.4 Å². The van der Waals surface area contributed by atoms with E-state index < -0.39 is 17.8 Å². The molecule has 4 rings (SSSR count). The Hall–Kier alpha value is -3.28. The average Bonchev–Trinajstić information content (AvgIpc) is 2.84. The van der Waals surface area contributed by atoms with E-state index in [2.05, 4.69) is 5.32 Å². The van der Waals surface area contributed by atoms with Gasteiger partial charge in [-0.2, -0.15) is 0 Å². The minimum atomic E-state index is -0.873. The third-order valence-electron chi connectivity index (χ3n) is 5.19. The zero-order chi connectivity index (χ0) is 26.0. The van der Waals surface area contributed by atoms with E-state index in [4.69, 9.17) is 32.7 Å². The van der Waals surface area contributed by atoms with Crippen LogP contribution in [-0.4, -0.2) is 30.1 Å². The monoisotopic (exact) mass is 638 g/mol. The number of carbonyl (C=O) groups is 3. The molecule has 0 aliphatic carbocycles. The summed E-state index contributed by atoms with van der Waals surface area (Å²) in [6.07, 6.45) is 1.33. The molecule has 0 aromatic heterocycles. The van der Waals surface area contributed by atoms with Gasteiger partial charge in [-0.1, -0.05) is 29.3 Å². The number of nitrogens with zero attached hydrogens (tertiary/aromatic N) is 1. The van der Waals surface area contributed by atoms with Crippen LogP contribution in [0.1, 0.15) is 11.1 Å². The van der Waals surface area contributed by atoms with Crippen LogP contribution in [0.3, 0.4) is 0 Å². The fourth-order valence-corrected chi connectivity index (χ4v) is 4.47.